The van der Waals surface area contributed by atoms with Crippen molar-refractivity contribution in [2.75, 3.05) is 26.4 Å². The van der Waals surface area contributed by atoms with Gasteiger partial charge in [-0.25, -0.2) is 0 Å². The monoisotopic (exact) mass is 166 g/mol. The molecule has 0 spiro atoms. The number of rotatable bonds is 0. The van der Waals surface area contributed by atoms with Crippen LogP contribution in [0, 0.1) is 0 Å². The van der Waals surface area contributed by atoms with E-state index in [2.05, 4.69) is 9.78 Å². The minimum Gasteiger partial charge on any atom is -0.412 e. The van der Waals surface area contributed by atoms with Crippen molar-refractivity contribution in [2.45, 2.75) is 0 Å². The molecule has 0 aromatic heterocycles. The van der Waals surface area contributed by atoms with Gasteiger partial charge in [0.1, 0.15) is 0 Å². The lowest BCUT2D eigenvalue weighted by Gasteiger charge is -2.09. The van der Waals surface area contributed by atoms with Crippen LogP contribution in [0.15, 0.2) is 0 Å². The van der Waals surface area contributed by atoms with Crippen LogP contribution in [0.25, 0.3) is 0 Å². The lowest BCUT2D eigenvalue weighted by Crippen LogP contribution is -2.16. The highest BCUT2D eigenvalue weighted by atomic mass is 17.4. The summed E-state index contributed by atoms with van der Waals surface area (Å²) in [7, 11) is 0. The van der Waals surface area contributed by atoms with Gasteiger partial charge in [0.2, 0.25) is 0 Å². The first-order chi connectivity index (χ1) is 4.89. The first-order valence-corrected chi connectivity index (χ1v) is 2.93. The summed E-state index contributed by atoms with van der Waals surface area (Å²) in [6.45, 7) is 3.11. The van der Waals surface area contributed by atoms with Gasteiger partial charge in [-0.15, -0.1) is 0 Å². The maximum atomic E-state index is 9.11. The van der Waals surface area contributed by atoms with Gasteiger partial charge in [0.15, 0.2) is 0 Å². The van der Waals surface area contributed by atoms with E-state index in [0.29, 0.717) is 0 Å². The van der Waals surface area contributed by atoms with Crippen molar-refractivity contribution >= 4 is 6.16 Å². The molecule has 6 heteroatoms. The van der Waals surface area contributed by atoms with Gasteiger partial charge < -0.3 is 14.9 Å². The summed E-state index contributed by atoms with van der Waals surface area (Å²) in [6.07, 6.45) is -0.583. The predicted octanol–water partition coefficient (Wildman–Crippen LogP) is -0.723. The standard InChI is InChI=1S/C4H8O2.CO3.H2O/c1-2-6-4-3-5-1;2-1-3-4-1;/h1-4H2;;1H2. The average molecular weight is 166 g/mol. The van der Waals surface area contributed by atoms with E-state index >= 15 is 0 Å². The zero-order valence-electron chi connectivity index (χ0n) is 5.87. The third-order valence-corrected chi connectivity index (χ3v) is 0.895. The highest BCUT2D eigenvalue weighted by molar-refractivity contribution is 5.66. The quantitative estimate of drug-likeness (QED) is 0.349. The maximum Gasteiger partial charge on any atom is 0.592 e. The van der Waals surface area contributed by atoms with Gasteiger partial charge >= 0.3 is 6.16 Å². The van der Waals surface area contributed by atoms with Crippen molar-refractivity contribution in [3.05, 3.63) is 0 Å². The van der Waals surface area contributed by atoms with Crippen molar-refractivity contribution in [3.63, 3.8) is 0 Å². The van der Waals surface area contributed by atoms with Crippen LogP contribution in [0.3, 0.4) is 0 Å². The Hall–Kier alpha value is -0.850. The van der Waals surface area contributed by atoms with Gasteiger partial charge in [0, 0.05) is 0 Å². The van der Waals surface area contributed by atoms with Gasteiger partial charge in [0.25, 0.3) is 0 Å². The lowest BCUT2D eigenvalue weighted by atomic mass is 10.6. The first-order valence-electron chi connectivity index (χ1n) is 2.93. The minimum atomic E-state index is -0.583. The molecule has 6 nitrogen and oxygen atoms in total. The van der Waals surface area contributed by atoms with Crippen LogP contribution < -0.4 is 0 Å². The van der Waals surface area contributed by atoms with Crippen LogP contribution in [0.2, 0.25) is 0 Å². The minimum absolute atomic E-state index is 0. The summed E-state index contributed by atoms with van der Waals surface area (Å²) >= 11 is 0. The molecule has 0 aliphatic carbocycles. The molecule has 2 N–H and O–H groups in total. The summed E-state index contributed by atoms with van der Waals surface area (Å²) in [5, 5.41) is 0. The maximum absolute atomic E-state index is 9.11. The van der Waals surface area contributed by atoms with E-state index in [4.69, 9.17) is 14.3 Å². The normalized spacial score (nSPS) is 19.5. The number of carbonyl (C=O) groups excluding carboxylic acids is 1. The Morgan fingerprint density at radius 1 is 0.909 bits per heavy atom. The SMILES string of the molecule is C1COCCO1.O.O=C1OO1. The molecule has 2 heterocycles. The molecule has 0 amide bonds. The third-order valence-electron chi connectivity index (χ3n) is 0.895. The van der Waals surface area contributed by atoms with E-state index in [1.54, 1.807) is 0 Å². The Morgan fingerprint density at radius 2 is 1.18 bits per heavy atom. The van der Waals surface area contributed by atoms with Crippen molar-refractivity contribution in [1.29, 1.82) is 0 Å². The van der Waals surface area contributed by atoms with Gasteiger partial charge in [-0.05, 0) is 0 Å². The second-order valence-corrected chi connectivity index (χ2v) is 1.64. The molecular formula is C5H10O6. The van der Waals surface area contributed by atoms with Crippen LogP contribution in [0.4, 0.5) is 4.79 Å². The van der Waals surface area contributed by atoms with Gasteiger partial charge in [-0.3, -0.25) is 0 Å². The molecule has 11 heavy (non-hydrogen) atoms. The Morgan fingerprint density at radius 3 is 1.27 bits per heavy atom. The highest BCUT2D eigenvalue weighted by Crippen LogP contribution is 1.98. The summed E-state index contributed by atoms with van der Waals surface area (Å²) in [6, 6.07) is 0. The molecular weight excluding hydrogens is 156 g/mol. The first kappa shape index (κ1) is 10.2. The summed E-state index contributed by atoms with van der Waals surface area (Å²) in [5.74, 6) is 0. The second kappa shape index (κ2) is 5.90. The fourth-order valence-electron chi connectivity index (χ4n) is 0.457. The number of ether oxygens (including phenoxy) is 2. The second-order valence-electron chi connectivity index (χ2n) is 1.64. The molecule has 0 aromatic carbocycles. The molecule has 2 rings (SSSR count). The fraction of sp³-hybridized carbons (Fsp3) is 0.800. The molecule has 0 bridgehead atoms. The number of hydrogen-bond acceptors (Lipinski definition) is 5. The molecule has 0 saturated carbocycles. The smallest absolute Gasteiger partial charge is 0.412 e. The Balaban J connectivity index is 0.000000177. The van der Waals surface area contributed by atoms with Crippen molar-refractivity contribution < 1.29 is 29.5 Å². The van der Waals surface area contributed by atoms with E-state index < -0.39 is 6.16 Å². The molecule has 66 valence electrons. The average Bonchev–Trinajstić information content (AvgIpc) is 2.77. The molecule has 0 radical (unpaired) electrons. The molecule has 0 unspecified atom stereocenters. The van der Waals surface area contributed by atoms with E-state index in [0.717, 1.165) is 26.4 Å². The molecule has 2 fully saturated rings. The summed E-state index contributed by atoms with van der Waals surface area (Å²) in [4.78, 5) is 16.2. The van der Waals surface area contributed by atoms with Gasteiger partial charge in [-0.2, -0.15) is 14.6 Å². The van der Waals surface area contributed by atoms with E-state index in [9.17, 15) is 0 Å². The van der Waals surface area contributed by atoms with Gasteiger partial charge in [-0.1, -0.05) is 0 Å². The Bertz CT molecular complexity index is 92.0. The van der Waals surface area contributed by atoms with Gasteiger partial charge in [0.05, 0.1) is 26.4 Å². The largest absolute Gasteiger partial charge is 0.592 e. The fourth-order valence-corrected chi connectivity index (χ4v) is 0.457. The third kappa shape index (κ3) is 7.04. The molecule has 2 saturated heterocycles. The van der Waals surface area contributed by atoms with E-state index in [1.807, 2.05) is 0 Å². The Labute approximate surface area is 63.2 Å². The molecule has 0 atom stereocenters. The van der Waals surface area contributed by atoms with Crippen molar-refractivity contribution in [1.82, 2.24) is 0 Å². The molecule has 2 aliphatic rings. The summed E-state index contributed by atoms with van der Waals surface area (Å²) in [5.41, 5.74) is 0. The Kier molecular flexibility index (Phi) is 5.44. The predicted molar refractivity (Wildman–Crippen MR) is 32.8 cm³/mol. The highest BCUT2D eigenvalue weighted by Gasteiger charge is 2.22. The van der Waals surface area contributed by atoms with Crippen LogP contribution in [-0.4, -0.2) is 38.1 Å². The zero-order valence-corrected chi connectivity index (χ0v) is 5.87. The van der Waals surface area contributed by atoms with Crippen molar-refractivity contribution in [2.24, 2.45) is 0 Å². The summed E-state index contributed by atoms with van der Waals surface area (Å²) < 4.78 is 9.89. The number of carbonyl (C=O) groups is 1. The number of hydrogen-bond donors (Lipinski definition) is 0. The van der Waals surface area contributed by atoms with Crippen LogP contribution in [0.5, 0.6) is 0 Å². The van der Waals surface area contributed by atoms with Crippen LogP contribution in [-0.2, 0) is 19.2 Å². The topological polar surface area (TPSA) is 92.1 Å². The lowest BCUT2D eigenvalue weighted by molar-refractivity contribution is -0.0334. The molecule has 2 aliphatic heterocycles. The van der Waals surface area contributed by atoms with Crippen LogP contribution in [0.1, 0.15) is 0 Å². The van der Waals surface area contributed by atoms with E-state index in [1.165, 1.54) is 0 Å². The van der Waals surface area contributed by atoms with E-state index in [-0.39, 0.29) is 5.48 Å². The molecule has 0 aromatic rings. The zero-order chi connectivity index (χ0) is 7.23. The van der Waals surface area contributed by atoms with Crippen LogP contribution >= 0.6 is 0 Å². The van der Waals surface area contributed by atoms with Crippen molar-refractivity contribution in [3.8, 4) is 0 Å².